The molecule has 0 aliphatic carbocycles. The van der Waals surface area contributed by atoms with Crippen LogP contribution in [0, 0.1) is 13.8 Å². The third-order valence-electron chi connectivity index (χ3n) is 3.51. The van der Waals surface area contributed by atoms with E-state index in [4.69, 9.17) is 21.7 Å². The molecule has 3 rings (SSSR count). The smallest absolute Gasteiger partial charge is 0.257 e. The van der Waals surface area contributed by atoms with Crippen LogP contribution in [0.15, 0.2) is 36.4 Å². The minimum absolute atomic E-state index is 0.250. The number of thiocarbonyl (C=S) groups is 1. The summed E-state index contributed by atoms with van der Waals surface area (Å²) in [6.07, 6.45) is 0. The van der Waals surface area contributed by atoms with Crippen LogP contribution >= 0.6 is 12.2 Å². The first-order valence-corrected chi connectivity index (χ1v) is 8.02. The maximum Gasteiger partial charge on any atom is 0.257 e. The van der Waals surface area contributed by atoms with E-state index < -0.39 is 0 Å². The number of rotatable bonds is 2. The Morgan fingerprint density at radius 3 is 2.38 bits per heavy atom. The van der Waals surface area contributed by atoms with Crippen LogP contribution in [-0.4, -0.2) is 24.2 Å². The summed E-state index contributed by atoms with van der Waals surface area (Å²) in [5.41, 5.74) is 3.56. The largest absolute Gasteiger partial charge is 0.486 e. The van der Waals surface area contributed by atoms with E-state index in [2.05, 4.69) is 16.7 Å². The number of hydrogen-bond donors (Lipinski definition) is 2. The van der Waals surface area contributed by atoms with E-state index in [1.807, 2.05) is 26.0 Å². The highest BCUT2D eigenvalue weighted by molar-refractivity contribution is 7.80. The number of nitrogens with one attached hydrogen (secondary N) is 2. The van der Waals surface area contributed by atoms with Gasteiger partial charge in [0.2, 0.25) is 0 Å². The molecule has 0 aromatic heterocycles. The fraction of sp³-hybridized carbons (Fsp3) is 0.222. The third kappa shape index (κ3) is 3.83. The normalized spacial score (nSPS) is 12.4. The maximum absolute atomic E-state index is 12.3. The Balaban J connectivity index is 1.66. The van der Waals surface area contributed by atoms with Crippen LogP contribution < -0.4 is 20.1 Å². The van der Waals surface area contributed by atoms with E-state index in [-0.39, 0.29) is 11.0 Å². The number of benzene rings is 2. The lowest BCUT2D eigenvalue weighted by Crippen LogP contribution is -2.34. The predicted octanol–water partition coefficient (Wildman–Crippen LogP) is 3.20. The number of carbonyl (C=O) groups excluding carboxylic acids is 1. The second kappa shape index (κ2) is 6.88. The van der Waals surface area contributed by atoms with Gasteiger partial charge in [-0.3, -0.25) is 10.1 Å². The van der Waals surface area contributed by atoms with Crippen molar-refractivity contribution in [1.82, 2.24) is 5.32 Å². The Morgan fingerprint density at radius 1 is 1.00 bits per heavy atom. The molecule has 1 aliphatic rings. The maximum atomic E-state index is 12.3. The molecule has 1 aliphatic heterocycles. The first-order chi connectivity index (χ1) is 11.5. The van der Waals surface area contributed by atoms with Gasteiger partial charge in [-0.25, -0.2) is 0 Å². The Morgan fingerprint density at radius 2 is 1.67 bits per heavy atom. The summed E-state index contributed by atoms with van der Waals surface area (Å²) in [4.78, 5) is 12.3. The topological polar surface area (TPSA) is 59.6 Å². The summed E-state index contributed by atoms with van der Waals surface area (Å²) in [5.74, 6) is 0.921. The summed E-state index contributed by atoms with van der Waals surface area (Å²) in [7, 11) is 0. The highest BCUT2D eigenvalue weighted by Gasteiger charge is 2.15. The van der Waals surface area contributed by atoms with Crippen molar-refractivity contribution < 1.29 is 14.3 Å². The van der Waals surface area contributed by atoms with E-state index in [1.165, 1.54) is 0 Å². The van der Waals surface area contributed by atoms with Crippen LogP contribution in [0.2, 0.25) is 0 Å². The zero-order valence-electron chi connectivity index (χ0n) is 13.5. The van der Waals surface area contributed by atoms with Crippen molar-refractivity contribution in [2.24, 2.45) is 0 Å². The van der Waals surface area contributed by atoms with E-state index in [1.54, 1.807) is 18.2 Å². The van der Waals surface area contributed by atoms with Gasteiger partial charge in [0, 0.05) is 11.3 Å². The Bertz CT molecular complexity index is 785. The van der Waals surface area contributed by atoms with Crippen LogP contribution in [0.1, 0.15) is 21.5 Å². The van der Waals surface area contributed by atoms with Crippen molar-refractivity contribution in [3.63, 3.8) is 0 Å². The first-order valence-electron chi connectivity index (χ1n) is 7.61. The molecule has 0 spiro atoms. The first kappa shape index (κ1) is 16.3. The standard InChI is InChI=1S/C18H18N2O3S/c1-11-7-12(2)9-14(8-11)19-18(24)20-17(21)13-3-4-15-16(10-13)23-6-5-22-15/h3-4,7-10H,5-6H2,1-2H3,(H2,19,20,21,24). The van der Waals surface area contributed by atoms with Gasteiger partial charge in [-0.2, -0.15) is 0 Å². The summed E-state index contributed by atoms with van der Waals surface area (Å²) in [5, 5.41) is 5.96. The molecule has 0 bridgehead atoms. The van der Waals surface area contributed by atoms with E-state index >= 15 is 0 Å². The Kier molecular flexibility index (Phi) is 4.66. The molecular weight excluding hydrogens is 324 g/mol. The molecule has 5 nitrogen and oxygen atoms in total. The van der Waals surface area contributed by atoms with Crippen LogP contribution in [0.4, 0.5) is 5.69 Å². The molecule has 24 heavy (non-hydrogen) atoms. The molecule has 0 atom stereocenters. The predicted molar refractivity (Wildman–Crippen MR) is 97.0 cm³/mol. The molecule has 0 saturated carbocycles. The van der Waals surface area contributed by atoms with Crippen LogP contribution in [0.3, 0.4) is 0 Å². The van der Waals surface area contributed by atoms with Gasteiger partial charge in [0.1, 0.15) is 13.2 Å². The van der Waals surface area contributed by atoms with Crippen LogP contribution in [0.25, 0.3) is 0 Å². The molecule has 1 heterocycles. The molecule has 124 valence electrons. The van der Waals surface area contributed by atoms with Gasteiger partial charge in [-0.15, -0.1) is 0 Å². The number of fused-ring (bicyclic) bond motifs is 1. The summed E-state index contributed by atoms with van der Waals surface area (Å²) >= 11 is 5.22. The molecule has 1 amide bonds. The van der Waals surface area contributed by atoms with Crippen molar-refractivity contribution in [2.75, 3.05) is 18.5 Å². The van der Waals surface area contributed by atoms with Crippen LogP contribution in [-0.2, 0) is 0 Å². The molecule has 0 unspecified atom stereocenters. The lowest BCUT2D eigenvalue weighted by atomic mass is 10.1. The zero-order chi connectivity index (χ0) is 17.1. The number of amides is 1. The quantitative estimate of drug-likeness (QED) is 0.821. The third-order valence-corrected chi connectivity index (χ3v) is 3.72. The molecule has 2 aromatic carbocycles. The van der Waals surface area contributed by atoms with Crippen molar-refractivity contribution in [3.8, 4) is 11.5 Å². The molecule has 0 radical (unpaired) electrons. The molecule has 0 fully saturated rings. The van der Waals surface area contributed by atoms with Gasteiger partial charge in [0.15, 0.2) is 16.6 Å². The van der Waals surface area contributed by atoms with Gasteiger partial charge in [-0.1, -0.05) is 6.07 Å². The lowest BCUT2D eigenvalue weighted by Gasteiger charge is -2.18. The lowest BCUT2D eigenvalue weighted by molar-refractivity contribution is 0.0976. The average molecular weight is 342 g/mol. The van der Waals surface area contributed by atoms with Crippen LogP contribution in [0.5, 0.6) is 11.5 Å². The van der Waals surface area contributed by atoms with Gasteiger partial charge in [0.25, 0.3) is 5.91 Å². The highest BCUT2D eigenvalue weighted by atomic mass is 32.1. The molecule has 2 N–H and O–H groups in total. The zero-order valence-corrected chi connectivity index (χ0v) is 14.3. The monoisotopic (exact) mass is 342 g/mol. The average Bonchev–Trinajstić information content (AvgIpc) is 2.53. The van der Waals surface area contributed by atoms with Gasteiger partial charge in [-0.05, 0) is 67.5 Å². The van der Waals surface area contributed by atoms with Gasteiger partial charge < -0.3 is 14.8 Å². The second-order valence-electron chi connectivity index (χ2n) is 5.64. The SMILES string of the molecule is Cc1cc(C)cc(NC(=S)NC(=O)c2ccc3c(c2)OCCO3)c1. The van der Waals surface area contributed by atoms with Crippen molar-refractivity contribution in [1.29, 1.82) is 0 Å². The van der Waals surface area contributed by atoms with Gasteiger partial charge >= 0.3 is 0 Å². The molecule has 6 heteroatoms. The number of carbonyl (C=O) groups is 1. The molecule has 0 saturated heterocycles. The summed E-state index contributed by atoms with van der Waals surface area (Å²) in [6.45, 7) is 5.01. The minimum Gasteiger partial charge on any atom is -0.486 e. The number of aryl methyl sites for hydroxylation is 2. The molecular formula is C18H18N2O3S. The Labute approximate surface area is 146 Å². The van der Waals surface area contributed by atoms with E-state index in [0.717, 1.165) is 16.8 Å². The second-order valence-corrected chi connectivity index (χ2v) is 6.05. The summed E-state index contributed by atoms with van der Waals surface area (Å²) < 4.78 is 10.9. The van der Waals surface area contributed by atoms with Crippen molar-refractivity contribution >= 4 is 28.9 Å². The number of ether oxygens (including phenoxy) is 2. The fourth-order valence-corrected chi connectivity index (χ4v) is 2.78. The van der Waals surface area contributed by atoms with Crippen molar-refractivity contribution in [2.45, 2.75) is 13.8 Å². The number of hydrogen-bond acceptors (Lipinski definition) is 4. The van der Waals surface area contributed by atoms with E-state index in [9.17, 15) is 4.79 Å². The summed E-state index contributed by atoms with van der Waals surface area (Å²) in [6, 6.07) is 11.1. The fourth-order valence-electron chi connectivity index (χ4n) is 2.57. The highest BCUT2D eigenvalue weighted by Crippen LogP contribution is 2.30. The van der Waals surface area contributed by atoms with Gasteiger partial charge in [0.05, 0.1) is 0 Å². The van der Waals surface area contributed by atoms with E-state index in [0.29, 0.717) is 30.3 Å². The van der Waals surface area contributed by atoms with Crippen molar-refractivity contribution in [3.05, 3.63) is 53.1 Å². The minimum atomic E-state index is -0.297. The molecule has 2 aromatic rings. The Hall–Kier alpha value is -2.60. The number of anilines is 1.